The molecule has 0 aliphatic rings. The summed E-state index contributed by atoms with van der Waals surface area (Å²) in [6.07, 6.45) is 0.906. The monoisotopic (exact) mass is 322 g/mol. The molecule has 0 bridgehead atoms. The molecule has 0 aliphatic heterocycles. The topological polar surface area (TPSA) is 93.9 Å². The van der Waals surface area contributed by atoms with Crippen molar-refractivity contribution in [2.24, 2.45) is 0 Å². The number of H-pyrrole nitrogens is 1. The van der Waals surface area contributed by atoms with Gasteiger partial charge in [0.1, 0.15) is 16.9 Å². The molecular formula is C17H14N4O3. The van der Waals surface area contributed by atoms with Crippen molar-refractivity contribution in [1.29, 1.82) is 0 Å². The summed E-state index contributed by atoms with van der Waals surface area (Å²) in [5, 5.41) is 14.8. The minimum absolute atomic E-state index is 0.0899. The largest absolute Gasteiger partial charge is 0.494 e. The van der Waals surface area contributed by atoms with E-state index in [0.717, 1.165) is 12.0 Å². The molecule has 0 radical (unpaired) electrons. The lowest BCUT2D eigenvalue weighted by Gasteiger charge is -2.06. The lowest BCUT2D eigenvalue weighted by molar-refractivity contribution is 0.318. The third-order valence-corrected chi connectivity index (χ3v) is 3.72. The van der Waals surface area contributed by atoms with Crippen LogP contribution in [0.25, 0.3) is 33.3 Å². The van der Waals surface area contributed by atoms with Crippen molar-refractivity contribution in [3.8, 4) is 17.1 Å². The van der Waals surface area contributed by atoms with Crippen molar-refractivity contribution in [1.82, 2.24) is 20.6 Å². The van der Waals surface area contributed by atoms with Crippen LogP contribution in [0.5, 0.6) is 5.75 Å². The average molecular weight is 322 g/mol. The van der Waals surface area contributed by atoms with Crippen LogP contribution < -0.4 is 10.2 Å². The first-order valence-electron chi connectivity index (χ1n) is 7.63. The van der Waals surface area contributed by atoms with Crippen LogP contribution in [0.3, 0.4) is 0 Å². The first kappa shape index (κ1) is 14.4. The lowest BCUT2D eigenvalue weighted by Crippen LogP contribution is -2.03. The van der Waals surface area contributed by atoms with Gasteiger partial charge in [0.25, 0.3) is 0 Å². The normalized spacial score (nSPS) is 11.2. The Morgan fingerprint density at radius 2 is 2.04 bits per heavy atom. The Labute approximate surface area is 136 Å². The molecule has 0 spiro atoms. The molecule has 0 saturated heterocycles. The summed E-state index contributed by atoms with van der Waals surface area (Å²) in [5.74, 6) is 1.11. The van der Waals surface area contributed by atoms with Gasteiger partial charge in [-0.25, -0.2) is 0 Å². The summed E-state index contributed by atoms with van der Waals surface area (Å²) in [4.78, 5) is 12.7. The maximum atomic E-state index is 12.7. The van der Waals surface area contributed by atoms with Gasteiger partial charge in [-0.3, -0.25) is 4.79 Å². The Hall–Kier alpha value is -3.22. The second kappa shape index (κ2) is 5.77. The van der Waals surface area contributed by atoms with Crippen LogP contribution in [0.1, 0.15) is 13.3 Å². The van der Waals surface area contributed by atoms with E-state index in [1.54, 1.807) is 36.4 Å². The van der Waals surface area contributed by atoms with E-state index in [4.69, 9.17) is 9.15 Å². The van der Waals surface area contributed by atoms with Gasteiger partial charge in [0, 0.05) is 5.56 Å². The van der Waals surface area contributed by atoms with E-state index in [9.17, 15) is 4.79 Å². The van der Waals surface area contributed by atoms with Gasteiger partial charge in [0.05, 0.1) is 17.4 Å². The van der Waals surface area contributed by atoms with Crippen LogP contribution in [0.15, 0.2) is 45.6 Å². The molecule has 7 nitrogen and oxygen atoms in total. The van der Waals surface area contributed by atoms with Gasteiger partial charge in [-0.05, 0) is 42.0 Å². The van der Waals surface area contributed by atoms with Gasteiger partial charge >= 0.3 is 0 Å². The zero-order valence-electron chi connectivity index (χ0n) is 12.9. The summed E-state index contributed by atoms with van der Waals surface area (Å²) in [6, 6.07) is 10.5. The van der Waals surface area contributed by atoms with Crippen LogP contribution in [0.2, 0.25) is 0 Å². The van der Waals surface area contributed by atoms with E-state index in [1.165, 1.54) is 0 Å². The van der Waals surface area contributed by atoms with Crippen LogP contribution in [0, 0.1) is 0 Å². The molecule has 4 rings (SSSR count). The van der Waals surface area contributed by atoms with Gasteiger partial charge < -0.3 is 9.15 Å². The Morgan fingerprint density at radius 1 is 1.12 bits per heavy atom. The van der Waals surface area contributed by atoms with Gasteiger partial charge in [0.2, 0.25) is 11.3 Å². The van der Waals surface area contributed by atoms with Crippen molar-refractivity contribution in [2.45, 2.75) is 13.3 Å². The lowest BCUT2D eigenvalue weighted by atomic mass is 10.1. The fourth-order valence-electron chi connectivity index (χ4n) is 2.57. The first-order valence-corrected chi connectivity index (χ1v) is 7.63. The number of rotatable bonds is 4. The van der Waals surface area contributed by atoms with Gasteiger partial charge in [-0.2, -0.15) is 5.21 Å². The van der Waals surface area contributed by atoms with Gasteiger partial charge in [-0.1, -0.05) is 13.0 Å². The molecule has 0 saturated carbocycles. The van der Waals surface area contributed by atoms with E-state index in [0.29, 0.717) is 40.1 Å². The summed E-state index contributed by atoms with van der Waals surface area (Å²) >= 11 is 0. The smallest absolute Gasteiger partial charge is 0.204 e. The minimum Gasteiger partial charge on any atom is -0.494 e. The molecule has 4 aromatic rings. The minimum atomic E-state index is -0.0899. The number of aromatic nitrogens is 4. The molecule has 2 aromatic heterocycles. The third-order valence-electron chi connectivity index (χ3n) is 3.72. The Balaban J connectivity index is 1.89. The van der Waals surface area contributed by atoms with Crippen molar-refractivity contribution < 1.29 is 9.15 Å². The predicted octanol–water partition coefficient (Wildman–Crippen LogP) is 2.92. The Bertz CT molecular complexity index is 1070. The summed E-state index contributed by atoms with van der Waals surface area (Å²) in [7, 11) is 0. The highest BCUT2D eigenvalue weighted by molar-refractivity contribution is 5.91. The zero-order valence-corrected chi connectivity index (χ0v) is 12.9. The molecule has 0 amide bonds. The Morgan fingerprint density at radius 3 is 2.83 bits per heavy atom. The molecule has 2 aromatic carbocycles. The zero-order chi connectivity index (χ0) is 16.5. The number of benzene rings is 2. The number of fused-ring (bicyclic) bond motifs is 2. The number of nitrogens with zero attached hydrogens (tertiary/aromatic N) is 3. The first-order chi connectivity index (χ1) is 11.8. The van der Waals surface area contributed by atoms with E-state index < -0.39 is 0 Å². The van der Waals surface area contributed by atoms with Crippen LogP contribution in [0.4, 0.5) is 0 Å². The molecule has 24 heavy (non-hydrogen) atoms. The van der Waals surface area contributed by atoms with Crippen molar-refractivity contribution in [2.75, 3.05) is 6.61 Å². The molecule has 0 unspecified atom stereocenters. The molecule has 0 atom stereocenters. The summed E-state index contributed by atoms with van der Waals surface area (Å²) in [6.45, 7) is 2.64. The molecule has 1 N–H and O–H groups in total. The SMILES string of the molecule is CCCOc1ccc2oc3cc(-c4nn[nH]n4)ccc3c(=O)c2c1. The molecule has 120 valence electrons. The number of ether oxygens (including phenoxy) is 1. The third kappa shape index (κ3) is 2.40. The maximum Gasteiger partial charge on any atom is 0.204 e. The van der Waals surface area contributed by atoms with E-state index in [2.05, 4.69) is 20.6 Å². The highest BCUT2D eigenvalue weighted by atomic mass is 16.5. The maximum absolute atomic E-state index is 12.7. The number of nitrogens with one attached hydrogen (secondary N) is 1. The van der Waals surface area contributed by atoms with E-state index in [1.807, 2.05) is 6.92 Å². The highest BCUT2D eigenvalue weighted by Crippen LogP contribution is 2.25. The molecule has 2 heterocycles. The van der Waals surface area contributed by atoms with Crippen molar-refractivity contribution in [3.05, 3.63) is 46.6 Å². The van der Waals surface area contributed by atoms with E-state index >= 15 is 0 Å². The predicted molar refractivity (Wildman–Crippen MR) is 88.9 cm³/mol. The van der Waals surface area contributed by atoms with Crippen molar-refractivity contribution in [3.63, 3.8) is 0 Å². The molecular weight excluding hydrogens is 308 g/mol. The van der Waals surface area contributed by atoms with Gasteiger partial charge in [0.15, 0.2) is 0 Å². The second-order valence-corrected chi connectivity index (χ2v) is 5.38. The summed E-state index contributed by atoms with van der Waals surface area (Å²) in [5.41, 5.74) is 1.63. The van der Waals surface area contributed by atoms with Crippen molar-refractivity contribution >= 4 is 21.9 Å². The fraction of sp³-hybridized carbons (Fsp3) is 0.176. The number of hydrogen-bond acceptors (Lipinski definition) is 6. The quantitative estimate of drug-likeness (QED) is 0.581. The number of hydrogen-bond donors (Lipinski definition) is 1. The molecule has 0 fully saturated rings. The highest BCUT2D eigenvalue weighted by Gasteiger charge is 2.11. The molecule has 0 aliphatic carbocycles. The van der Waals surface area contributed by atoms with Gasteiger partial charge in [-0.15, -0.1) is 10.2 Å². The average Bonchev–Trinajstić information content (AvgIpc) is 3.14. The second-order valence-electron chi connectivity index (χ2n) is 5.38. The molecule has 7 heteroatoms. The van der Waals surface area contributed by atoms with Crippen LogP contribution >= 0.6 is 0 Å². The van der Waals surface area contributed by atoms with Crippen LogP contribution in [-0.4, -0.2) is 27.2 Å². The van der Waals surface area contributed by atoms with Crippen LogP contribution in [-0.2, 0) is 0 Å². The Kier molecular flexibility index (Phi) is 3.45. The standard InChI is InChI=1S/C17H14N4O3/c1-2-7-23-11-4-6-14-13(9-11)16(22)12-5-3-10(8-15(12)24-14)17-18-20-21-19-17/h3-6,8-9H,2,7H2,1H3,(H,18,19,20,21). The fourth-order valence-corrected chi connectivity index (χ4v) is 2.57. The summed E-state index contributed by atoms with van der Waals surface area (Å²) < 4.78 is 11.5. The van der Waals surface area contributed by atoms with E-state index in [-0.39, 0.29) is 5.43 Å². The number of aromatic amines is 1. The number of tetrazole rings is 1.